The molecule has 444 valence electrons. The summed E-state index contributed by atoms with van der Waals surface area (Å²) in [7, 11) is 1.18. The third-order valence-corrected chi connectivity index (χ3v) is 13.3. The average Bonchev–Trinajstić information content (AvgIpc) is 3.42. The van der Waals surface area contributed by atoms with Gasteiger partial charge in [-0.05, 0) is 135 Å². The first kappa shape index (κ1) is 74.6. The van der Waals surface area contributed by atoms with Gasteiger partial charge in [0, 0.05) is 6.42 Å². The van der Waals surface area contributed by atoms with Gasteiger partial charge in [0.25, 0.3) is 7.82 Å². The molecular weight excluding hydrogens is 996 g/mol. The second-order valence-corrected chi connectivity index (χ2v) is 22.4. The van der Waals surface area contributed by atoms with E-state index in [1.807, 2.05) is 27.2 Å². The van der Waals surface area contributed by atoms with Gasteiger partial charge in [0.05, 0.1) is 39.9 Å². The monoisotopic (exact) mass is 1110 g/mol. The van der Waals surface area contributed by atoms with Crippen molar-refractivity contribution in [2.24, 2.45) is 0 Å². The van der Waals surface area contributed by atoms with Crippen LogP contribution in [0.4, 0.5) is 0 Å². The summed E-state index contributed by atoms with van der Waals surface area (Å²) in [6.45, 7) is 4.44. The van der Waals surface area contributed by atoms with Crippen LogP contribution in [0.1, 0.15) is 200 Å². The summed E-state index contributed by atoms with van der Waals surface area (Å²) in [6.07, 6.45) is 94.1. The molecule has 0 aromatic carbocycles. The predicted molar refractivity (Wildman–Crippen MR) is 343 cm³/mol. The van der Waals surface area contributed by atoms with E-state index in [0.29, 0.717) is 23.9 Å². The second kappa shape index (κ2) is 58.3. The summed E-state index contributed by atoms with van der Waals surface area (Å²) in [6, 6.07) is -0.948. The van der Waals surface area contributed by atoms with Gasteiger partial charge in [-0.3, -0.25) is 9.36 Å². The maximum Gasteiger partial charge on any atom is 0.268 e. The molecule has 0 radical (unpaired) electrons. The number of amides is 1. The summed E-state index contributed by atoms with van der Waals surface area (Å²) < 4.78 is 23.3. The van der Waals surface area contributed by atoms with Crippen molar-refractivity contribution in [2.45, 2.75) is 212 Å². The Morgan fingerprint density at radius 1 is 0.456 bits per heavy atom. The van der Waals surface area contributed by atoms with Crippen LogP contribution in [0.2, 0.25) is 0 Å². The van der Waals surface area contributed by atoms with E-state index in [0.717, 1.165) is 116 Å². The zero-order chi connectivity index (χ0) is 57.7. The maximum absolute atomic E-state index is 13.0. The Labute approximate surface area is 485 Å². The minimum Gasteiger partial charge on any atom is -0.756 e. The summed E-state index contributed by atoms with van der Waals surface area (Å²) in [5, 5.41) is 13.8. The number of aliphatic hydroxyl groups is 1. The van der Waals surface area contributed by atoms with E-state index in [1.165, 1.54) is 51.4 Å². The van der Waals surface area contributed by atoms with Crippen LogP contribution in [-0.2, 0) is 18.4 Å². The third kappa shape index (κ3) is 61.1. The maximum atomic E-state index is 13.0. The Balaban J connectivity index is 4.34. The van der Waals surface area contributed by atoms with Crippen molar-refractivity contribution < 1.29 is 32.9 Å². The number of aliphatic hydroxyl groups excluding tert-OH is 1. The van der Waals surface area contributed by atoms with E-state index in [2.05, 4.69) is 189 Å². The van der Waals surface area contributed by atoms with Crippen molar-refractivity contribution in [1.82, 2.24) is 5.32 Å². The fraction of sp³-hybridized carbons (Fsp3) is 0.557. The number of allylic oxidation sites excluding steroid dienone is 29. The van der Waals surface area contributed by atoms with Crippen LogP contribution in [0, 0.1) is 0 Å². The first-order valence-corrected chi connectivity index (χ1v) is 32.1. The Morgan fingerprint density at radius 3 is 1.18 bits per heavy atom. The average molecular weight is 1110 g/mol. The van der Waals surface area contributed by atoms with E-state index in [9.17, 15) is 19.4 Å². The molecule has 79 heavy (non-hydrogen) atoms. The fourth-order valence-electron chi connectivity index (χ4n) is 7.58. The number of likely N-dealkylation sites (N-methyl/N-ethyl adjacent to an activating group) is 1. The van der Waals surface area contributed by atoms with Crippen molar-refractivity contribution in [2.75, 3.05) is 40.9 Å². The molecule has 0 aromatic heterocycles. The molecule has 0 heterocycles. The molecule has 0 aliphatic carbocycles. The Kier molecular flexibility index (Phi) is 55.0. The fourth-order valence-corrected chi connectivity index (χ4v) is 8.30. The highest BCUT2D eigenvalue weighted by Gasteiger charge is 2.23. The lowest BCUT2D eigenvalue weighted by molar-refractivity contribution is -0.870. The molecule has 0 fully saturated rings. The highest BCUT2D eigenvalue weighted by molar-refractivity contribution is 7.45. The second-order valence-electron chi connectivity index (χ2n) is 20.9. The van der Waals surface area contributed by atoms with Crippen LogP contribution in [0.3, 0.4) is 0 Å². The van der Waals surface area contributed by atoms with E-state index in [-0.39, 0.29) is 18.9 Å². The minimum absolute atomic E-state index is 0.0280. The number of phosphoric ester groups is 1. The minimum atomic E-state index is -4.64. The molecule has 0 spiro atoms. The lowest BCUT2D eigenvalue weighted by Crippen LogP contribution is -2.45. The quantitative estimate of drug-likeness (QED) is 0.0272. The van der Waals surface area contributed by atoms with Gasteiger partial charge in [0.2, 0.25) is 5.91 Å². The van der Waals surface area contributed by atoms with Gasteiger partial charge in [-0.15, -0.1) is 0 Å². The first-order valence-electron chi connectivity index (χ1n) is 30.6. The normalized spacial score (nSPS) is 15.1. The molecule has 3 atom stereocenters. The van der Waals surface area contributed by atoms with E-state index < -0.39 is 26.6 Å². The van der Waals surface area contributed by atoms with Gasteiger partial charge < -0.3 is 28.8 Å². The zero-order valence-electron chi connectivity index (χ0n) is 50.5. The van der Waals surface area contributed by atoms with Crippen LogP contribution in [0.5, 0.6) is 0 Å². The van der Waals surface area contributed by atoms with Crippen LogP contribution in [-0.4, -0.2) is 68.5 Å². The number of unbranched alkanes of at least 4 members (excludes halogenated alkanes) is 12. The molecule has 8 nitrogen and oxygen atoms in total. The highest BCUT2D eigenvalue weighted by Crippen LogP contribution is 2.38. The van der Waals surface area contributed by atoms with E-state index in [1.54, 1.807) is 6.08 Å². The molecule has 0 aromatic rings. The molecule has 0 saturated carbocycles. The topological polar surface area (TPSA) is 108 Å². The van der Waals surface area contributed by atoms with Crippen molar-refractivity contribution in [3.05, 3.63) is 182 Å². The Morgan fingerprint density at radius 2 is 0.785 bits per heavy atom. The molecule has 0 aliphatic heterocycles. The summed E-state index contributed by atoms with van der Waals surface area (Å²) in [4.78, 5) is 25.5. The Hall–Kier alpha value is -4.40. The van der Waals surface area contributed by atoms with Gasteiger partial charge >= 0.3 is 0 Å². The number of hydrogen-bond acceptors (Lipinski definition) is 6. The van der Waals surface area contributed by atoms with E-state index in [4.69, 9.17) is 9.05 Å². The smallest absolute Gasteiger partial charge is 0.268 e. The van der Waals surface area contributed by atoms with Crippen LogP contribution < -0.4 is 10.2 Å². The van der Waals surface area contributed by atoms with Gasteiger partial charge in [-0.1, -0.05) is 241 Å². The number of hydrogen-bond donors (Lipinski definition) is 2. The molecule has 0 bridgehead atoms. The number of carbonyl (C=O) groups is 1. The van der Waals surface area contributed by atoms with Gasteiger partial charge in [0.15, 0.2) is 0 Å². The molecule has 1 amide bonds. The summed E-state index contributed by atoms with van der Waals surface area (Å²) in [5.41, 5.74) is 0. The van der Waals surface area contributed by atoms with Crippen molar-refractivity contribution in [3.63, 3.8) is 0 Å². The molecular formula is C70H113N2O6P. The zero-order valence-corrected chi connectivity index (χ0v) is 51.4. The van der Waals surface area contributed by atoms with Crippen molar-refractivity contribution >= 4 is 13.7 Å². The van der Waals surface area contributed by atoms with Crippen molar-refractivity contribution in [1.29, 1.82) is 0 Å². The van der Waals surface area contributed by atoms with Gasteiger partial charge in [-0.2, -0.15) is 0 Å². The van der Waals surface area contributed by atoms with Gasteiger partial charge in [0.1, 0.15) is 13.2 Å². The predicted octanol–water partition coefficient (Wildman–Crippen LogP) is 18.7. The number of rotatable bonds is 53. The van der Waals surface area contributed by atoms with Crippen LogP contribution in [0.15, 0.2) is 182 Å². The van der Waals surface area contributed by atoms with Crippen LogP contribution in [0.25, 0.3) is 0 Å². The Bertz CT molecular complexity index is 1930. The summed E-state index contributed by atoms with van der Waals surface area (Å²) >= 11 is 0. The van der Waals surface area contributed by atoms with Crippen molar-refractivity contribution in [3.8, 4) is 0 Å². The molecule has 3 unspecified atom stereocenters. The molecule has 0 aliphatic rings. The molecule has 2 N–H and O–H groups in total. The molecule has 9 heteroatoms. The largest absolute Gasteiger partial charge is 0.756 e. The highest BCUT2D eigenvalue weighted by atomic mass is 31.2. The first-order chi connectivity index (χ1) is 38.5. The number of nitrogens with one attached hydrogen (secondary N) is 1. The summed E-state index contributed by atoms with van der Waals surface area (Å²) in [5.74, 6) is -0.262. The number of phosphoric acid groups is 1. The number of nitrogens with zero attached hydrogens (tertiary/aromatic N) is 1. The number of quaternary nitrogens is 1. The lowest BCUT2D eigenvalue weighted by atomic mass is 10.1. The standard InChI is InChI=1S/C70H113N2O6P/c1-6-8-10-12-14-16-18-20-22-24-26-27-28-29-30-31-32-33-34-35-36-37-38-39-40-41-42-43-44-45-46-48-50-52-54-56-58-60-62-64-70(74)71-68(67-78-79(75,76)77-66-65-72(3,4)5)69(73)63-61-59-57-55-53-51-49-47-25-23-21-19-17-15-13-11-9-7-2/h8,10,14,16,20,22,25-27,29-30,32-33,35-36,38-39,41-42,44-45,47-48,50,53-56,61,63,68-69,73H,6-7,9,11-13,15,17-19,21,23-24,28,31,34,37,40,43,46,49,51-52,57-60,62,64-67H2,1-5H3,(H-,71,74,75,76)/b10-8-,16-14-,22-20-,27-26-,30-29-,33-32-,36-35-,39-38-,42-41-,45-44-,47-25+,50-48-,55-53+,56-54-,63-61+. The van der Waals surface area contributed by atoms with E-state index >= 15 is 0 Å². The SMILES string of the molecule is CC/C=C\C/C=C\C/C=C\C/C=C\C/C=C\C/C=C\C/C=C\C/C=C\C/C=C\C/C=C\C/C=C\C/C=C\CCCCC(=O)NC(COP(=O)([O-])OCC[N+](C)(C)C)C(O)/C=C/CC/C=C/CC/C=C/CCCCCCCCCC. The lowest BCUT2D eigenvalue weighted by Gasteiger charge is -2.29. The third-order valence-electron chi connectivity index (χ3n) is 12.3. The molecule has 0 rings (SSSR count). The van der Waals surface area contributed by atoms with Crippen LogP contribution >= 0.6 is 7.82 Å². The number of carbonyl (C=O) groups excluding carboxylic acids is 1. The molecule has 0 saturated heterocycles. The van der Waals surface area contributed by atoms with Gasteiger partial charge in [-0.25, -0.2) is 0 Å².